The number of fused-ring (bicyclic) bond motifs is 1. The molecule has 2 aliphatic rings. The second-order valence-electron chi connectivity index (χ2n) is 4.03. The second-order valence-corrected chi connectivity index (χ2v) is 4.39. The third-order valence-corrected chi connectivity index (χ3v) is 3.07. The van der Waals surface area contributed by atoms with Gasteiger partial charge < -0.3 is 5.11 Å². The number of carbonyl (C=O) groups excluding carboxylic acids is 1. The number of nitrogens with zero attached hydrogens (tertiary/aromatic N) is 2. The fourth-order valence-electron chi connectivity index (χ4n) is 1.87. The number of allylic oxidation sites excluding steroid dienone is 3. The van der Waals surface area contributed by atoms with Crippen LogP contribution in [0.3, 0.4) is 0 Å². The molecule has 0 spiro atoms. The van der Waals surface area contributed by atoms with E-state index in [0.717, 1.165) is 0 Å². The van der Waals surface area contributed by atoms with Gasteiger partial charge in [0.1, 0.15) is 0 Å². The number of rotatable bonds is 4. The Labute approximate surface area is 109 Å². The highest BCUT2D eigenvalue weighted by Gasteiger charge is 2.33. The molecular formula is C12H12N2O3S. The lowest BCUT2D eigenvalue weighted by Gasteiger charge is -2.30. The molecule has 2 rings (SSSR count). The number of aliphatic carboxylic acids is 1. The van der Waals surface area contributed by atoms with Crippen molar-refractivity contribution in [2.45, 2.75) is 12.8 Å². The maximum atomic E-state index is 12.2. The van der Waals surface area contributed by atoms with Crippen molar-refractivity contribution in [1.29, 1.82) is 0 Å². The molecule has 1 aliphatic heterocycles. The highest BCUT2D eigenvalue weighted by atomic mass is 32.1. The van der Waals surface area contributed by atoms with Gasteiger partial charge in [-0.2, -0.15) is 0 Å². The molecule has 1 heterocycles. The zero-order valence-corrected chi connectivity index (χ0v) is 10.4. The molecule has 0 fully saturated rings. The SMILES string of the molecule is O=C(O)CCCN1C(=O)C2C=CC=CC2=NC1=S. The van der Waals surface area contributed by atoms with Crippen LogP contribution >= 0.6 is 12.2 Å². The first-order chi connectivity index (χ1) is 8.59. The largest absolute Gasteiger partial charge is 0.481 e. The Bertz CT molecular complexity index is 494. The van der Waals surface area contributed by atoms with Crippen LogP contribution in [0.4, 0.5) is 0 Å². The first kappa shape index (κ1) is 12.6. The Hall–Kier alpha value is -1.82. The Morgan fingerprint density at radius 3 is 3.00 bits per heavy atom. The summed E-state index contributed by atoms with van der Waals surface area (Å²) in [6.07, 6.45) is 7.54. The molecule has 6 heteroatoms. The van der Waals surface area contributed by atoms with Gasteiger partial charge >= 0.3 is 5.97 Å². The van der Waals surface area contributed by atoms with E-state index in [9.17, 15) is 9.59 Å². The first-order valence-corrected chi connectivity index (χ1v) is 6.01. The number of carboxylic acids is 1. The first-order valence-electron chi connectivity index (χ1n) is 5.60. The molecule has 0 saturated carbocycles. The van der Waals surface area contributed by atoms with Gasteiger partial charge in [-0.05, 0) is 24.7 Å². The molecule has 18 heavy (non-hydrogen) atoms. The third-order valence-electron chi connectivity index (χ3n) is 2.76. The van der Waals surface area contributed by atoms with Crippen molar-refractivity contribution < 1.29 is 14.7 Å². The van der Waals surface area contributed by atoms with Gasteiger partial charge in [0.2, 0.25) is 11.0 Å². The summed E-state index contributed by atoms with van der Waals surface area (Å²) in [5, 5.41) is 8.80. The summed E-state index contributed by atoms with van der Waals surface area (Å²) < 4.78 is 0. The minimum absolute atomic E-state index is 0.0172. The average molecular weight is 264 g/mol. The summed E-state index contributed by atoms with van der Waals surface area (Å²) in [5.74, 6) is -1.39. The zero-order chi connectivity index (χ0) is 13.1. The number of amides is 1. The number of hydrogen-bond donors (Lipinski definition) is 1. The Morgan fingerprint density at radius 1 is 1.50 bits per heavy atom. The van der Waals surface area contributed by atoms with E-state index < -0.39 is 5.97 Å². The Kier molecular flexibility index (Phi) is 3.66. The van der Waals surface area contributed by atoms with E-state index in [2.05, 4.69) is 4.99 Å². The van der Waals surface area contributed by atoms with Gasteiger partial charge in [0.25, 0.3) is 0 Å². The lowest BCUT2D eigenvalue weighted by atomic mass is 9.95. The van der Waals surface area contributed by atoms with E-state index >= 15 is 0 Å². The number of thiocarbonyl (C=S) groups is 1. The monoisotopic (exact) mass is 264 g/mol. The van der Waals surface area contributed by atoms with Crippen molar-refractivity contribution in [2.75, 3.05) is 6.54 Å². The summed E-state index contributed by atoms with van der Waals surface area (Å²) in [7, 11) is 0. The molecule has 0 aromatic carbocycles. The predicted molar refractivity (Wildman–Crippen MR) is 70.4 cm³/mol. The van der Waals surface area contributed by atoms with Gasteiger partial charge in [-0.1, -0.05) is 18.2 Å². The lowest BCUT2D eigenvalue weighted by Crippen LogP contribution is -2.46. The van der Waals surface area contributed by atoms with Crippen LogP contribution in [-0.4, -0.2) is 39.3 Å². The van der Waals surface area contributed by atoms with Crippen molar-refractivity contribution >= 4 is 34.9 Å². The fourth-order valence-corrected chi connectivity index (χ4v) is 2.16. The van der Waals surface area contributed by atoms with Crippen LogP contribution in [0.5, 0.6) is 0 Å². The molecule has 0 bridgehead atoms. The van der Waals surface area contributed by atoms with Crippen LogP contribution in [0.1, 0.15) is 12.8 Å². The molecular weight excluding hydrogens is 252 g/mol. The van der Waals surface area contributed by atoms with E-state index in [1.807, 2.05) is 6.08 Å². The van der Waals surface area contributed by atoms with Crippen LogP contribution in [0.25, 0.3) is 0 Å². The van der Waals surface area contributed by atoms with E-state index in [1.165, 1.54) is 4.90 Å². The van der Waals surface area contributed by atoms with E-state index in [1.54, 1.807) is 18.2 Å². The molecule has 1 N–H and O–H groups in total. The molecule has 0 aromatic heterocycles. The normalized spacial score (nSPS) is 21.9. The Balaban J connectivity index is 2.09. The summed E-state index contributed by atoms with van der Waals surface area (Å²) in [4.78, 5) is 28.2. The maximum absolute atomic E-state index is 12.2. The number of hydrogen-bond acceptors (Lipinski definition) is 3. The third kappa shape index (κ3) is 2.53. The van der Waals surface area contributed by atoms with Crippen molar-refractivity contribution in [1.82, 2.24) is 4.90 Å². The highest BCUT2D eigenvalue weighted by molar-refractivity contribution is 7.80. The molecule has 0 radical (unpaired) electrons. The van der Waals surface area contributed by atoms with Crippen molar-refractivity contribution in [3.8, 4) is 0 Å². The van der Waals surface area contributed by atoms with Gasteiger partial charge in [0, 0.05) is 13.0 Å². The van der Waals surface area contributed by atoms with Crippen molar-refractivity contribution in [3.05, 3.63) is 24.3 Å². The molecule has 1 atom stereocenters. The van der Waals surface area contributed by atoms with Crippen LogP contribution in [0, 0.1) is 5.92 Å². The summed E-state index contributed by atoms with van der Waals surface area (Å²) >= 11 is 5.06. The molecule has 94 valence electrons. The smallest absolute Gasteiger partial charge is 0.303 e. The maximum Gasteiger partial charge on any atom is 0.303 e. The summed E-state index contributed by atoms with van der Waals surface area (Å²) in [6, 6.07) is 0. The Morgan fingerprint density at radius 2 is 2.28 bits per heavy atom. The number of aliphatic imine (C=N–C) groups is 1. The number of carboxylic acid groups (broad SMARTS) is 1. The standard InChI is InChI=1S/C12H12N2O3S/c15-10(16)6-3-7-14-11(17)8-4-1-2-5-9(8)13-12(14)18/h1-2,4-5,8H,3,6-7H2,(H,15,16). The highest BCUT2D eigenvalue weighted by Crippen LogP contribution is 2.20. The minimum Gasteiger partial charge on any atom is -0.481 e. The van der Waals surface area contributed by atoms with Gasteiger partial charge in [0.15, 0.2) is 0 Å². The second kappa shape index (κ2) is 5.22. The molecule has 1 unspecified atom stereocenters. The van der Waals surface area contributed by atoms with Crippen LogP contribution in [0.15, 0.2) is 29.3 Å². The van der Waals surface area contributed by atoms with Gasteiger partial charge in [-0.25, -0.2) is 4.99 Å². The molecule has 0 aromatic rings. The fraction of sp³-hybridized carbons (Fsp3) is 0.333. The van der Waals surface area contributed by atoms with Crippen molar-refractivity contribution in [2.24, 2.45) is 10.9 Å². The zero-order valence-electron chi connectivity index (χ0n) is 9.57. The number of carbonyl (C=O) groups is 2. The van der Waals surface area contributed by atoms with Gasteiger partial charge in [0.05, 0.1) is 11.6 Å². The van der Waals surface area contributed by atoms with Crippen LogP contribution in [-0.2, 0) is 9.59 Å². The van der Waals surface area contributed by atoms with E-state index in [0.29, 0.717) is 18.7 Å². The summed E-state index contributed by atoms with van der Waals surface area (Å²) in [5.41, 5.74) is 0.655. The molecule has 1 amide bonds. The average Bonchev–Trinajstić information content (AvgIpc) is 2.33. The lowest BCUT2D eigenvalue weighted by molar-refractivity contribution is -0.137. The minimum atomic E-state index is -0.880. The quantitative estimate of drug-likeness (QED) is 0.774. The molecule has 0 saturated heterocycles. The van der Waals surface area contributed by atoms with Crippen LogP contribution < -0.4 is 0 Å². The van der Waals surface area contributed by atoms with Crippen LogP contribution in [0.2, 0.25) is 0 Å². The van der Waals surface area contributed by atoms with E-state index in [-0.39, 0.29) is 23.4 Å². The predicted octanol–water partition coefficient (Wildman–Crippen LogP) is 1.16. The summed E-state index contributed by atoms with van der Waals surface area (Å²) in [6.45, 7) is 0.300. The molecule has 1 aliphatic carbocycles. The topological polar surface area (TPSA) is 70.0 Å². The van der Waals surface area contributed by atoms with E-state index in [4.69, 9.17) is 17.3 Å². The molecule has 5 nitrogen and oxygen atoms in total. The van der Waals surface area contributed by atoms with Crippen molar-refractivity contribution in [3.63, 3.8) is 0 Å². The van der Waals surface area contributed by atoms with Gasteiger partial charge in [-0.3, -0.25) is 14.5 Å². The van der Waals surface area contributed by atoms with Gasteiger partial charge in [-0.15, -0.1) is 0 Å².